The molecule has 2 aromatic rings. The fourth-order valence-corrected chi connectivity index (χ4v) is 3.27. The first-order valence-corrected chi connectivity index (χ1v) is 9.10. The van der Waals surface area contributed by atoms with E-state index in [2.05, 4.69) is 10.1 Å². The first kappa shape index (κ1) is 20.4. The number of amides is 2. The van der Waals surface area contributed by atoms with Crippen LogP contribution < -0.4 is 5.32 Å². The quantitative estimate of drug-likeness (QED) is 0.795. The zero-order valence-corrected chi connectivity index (χ0v) is 16.3. The number of nitrogens with one attached hydrogen (secondary N) is 1. The lowest BCUT2D eigenvalue weighted by Gasteiger charge is -2.18. The predicted octanol–water partition coefficient (Wildman–Crippen LogP) is 3.33. The summed E-state index contributed by atoms with van der Waals surface area (Å²) in [4.78, 5) is 36.2. The molecule has 3 rings (SSSR count). The largest absolute Gasteiger partial charge is 0.469 e. The van der Waals surface area contributed by atoms with Gasteiger partial charge in [-0.25, -0.2) is 4.79 Å². The molecule has 1 aliphatic rings. The second-order valence-electron chi connectivity index (χ2n) is 5.85. The average Bonchev–Trinajstić information content (AvgIpc) is 2.90. The maximum Gasteiger partial charge on any atom is 0.410 e. The Hall–Kier alpha value is -2.87. The minimum absolute atomic E-state index is 0.00801. The molecule has 2 heterocycles. The van der Waals surface area contributed by atoms with Gasteiger partial charge in [-0.2, -0.15) is 0 Å². The molecule has 0 bridgehead atoms. The van der Waals surface area contributed by atoms with Crippen molar-refractivity contribution in [3.05, 3.63) is 52.4 Å². The molecule has 144 valence electrons. The summed E-state index contributed by atoms with van der Waals surface area (Å²) in [6.45, 7) is 3.93. The molecule has 0 aliphatic carbocycles. The highest BCUT2D eigenvalue weighted by atomic mass is 32.1. The molecule has 0 spiro atoms. The molecular formula is C19H22N2O5S. The lowest BCUT2D eigenvalue weighted by atomic mass is 10.2. The van der Waals surface area contributed by atoms with Crippen molar-refractivity contribution in [1.29, 1.82) is 0 Å². The van der Waals surface area contributed by atoms with Crippen LogP contribution in [-0.4, -0.2) is 36.5 Å². The molecule has 0 radical (unpaired) electrons. The third-order valence-corrected chi connectivity index (χ3v) is 4.64. The first-order chi connectivity index (χ1) is 12.9. The number of anilines is 1. The molecule has 1 aliphatic heterocycles. The molecule has 1 aromatic heterocycles. The van der Waals surface area contributed by atoms with Gasteiger partial charge in [-0.1, -0.05) is 30.3 Å². The molecule has 0 unspecified atom stereocenters. The Bertz CT molecular complexity index is 804. The Morgan fingerprint density at radius 1 is 1.22 bits per heavy atom. The van der Waals surface area contributed by atoms with Crippen molar-refractivity contribution >= 4 is 34.3 Å². The second kappa shape index (κ2) is 9.72. The van der Waals surface area contributed by atoms with Crippen molar-refractivity contribution in [2.45, 2.75) is 27.0 Å². The number of thiophene rings is 1. The summed E-state index contributed by atoms with van der Waals surface area (Å²) in [5.74, 6) is -0.442. The maximum absolute atomic E-state index is 12.2. The Balaban J connectivity index is 0.000000465. The minimum Gasteiger partial charge on any atom is -0.469 e. The summed E-state index contributed by atoms with van der Waals surface area (Å²) in [7, 11) is 1.35. The molecule has 27 heavy (non-hydrogen) atoms. The monoisotopic (exact) mass is 390 g/mol. The molecular weight excluding hydrogens is 368 g/mol. The van der Waals surface area contributed by atoms with Gasteiger partial charge in [-0.15, -0.1) is 11.3 Å². The number of hydrogen-bond acceptors (Lipinski definition) is 6. The molecule has 2 amide bonds. The van der Waals surface area contributed by atoms with Crippen LogP contribution in [-0.2, 0) is 32.2 Å². The van der Waals surface area contributed by atoms with Crippen molar-refractivity contribution in [1.82, 2.24) is 4.90 Å². The van der Waals surface area contributed by atoms with E-state index in [1.165, 1.54) is 30.3 Å². The highest BCUT2D eigenvalue weighted by molar-refractivity contribution is 7.16. The van der Waals surface area contributed by atoms with E-state index in [4.69, 9.17) is 4.74 Å². The van der Waals surface area contributed by atoms with Crippen molar-refractivity contribution in [3.63, 3.8) is 0 Å². The summed E-state index contributed by atoms with van der Waals surface area (Å²) in [6, 6.07) is 11.5. The first-order valence-electron chi connectivity index (χ1n) is 8.28. The lowest BCUT2D eigenvalue weighted by molar-refractivity contribution is -0.137. The van der Waals surface area contributed by atoms with Gasteiger partial charge in [0, 0.05) is 17.4 Å². The Morgan fingerprint density at radius 2 is 1.89 bits per heavy atom. The van der Waals surface area contributed by atoms with E-state index in [0.29, 0.717) is 6.54 Å². The van der Waals surface area contributed by atoms with E-state index < -0.39 is 6.09 Å². The summed E-state index contributed by atoms with van der Waals surface area (Å²) in [5.41, 5.74) is 1.87. The number of fused-ring (bicyclic) bond motifs is 1. The number of nitrogens with zero attached hydrogens (tertiary/aromatic N) is 1. The zero-order chi connectivity index (χ0) is 19.8. The van der Waals surface area contributed by atoms with E-state index in [1.54, 1.807) is 0 Å². The molecule has 8 heteroatoms. The van der Waals surface area contributed by atoms with E-state index in [1.807, 2.05) is 43.3 Å². The van der Waals surface area contributed by atoms with Gasteiger partial charge in [0.25, 0.3) is 0 Å². The third kappa shape index (κ3) is 6.41. The van der Waals surface area contributed by atoms with Crippen molar-refractivity contribution < 1.29 is 23.9 Å². The van der Waals surface area contributed by atoms with Crippen LogP contribution in [0.25, 0.3) is 0 Å². The number of carbonyl (C=O) groups is 3. The van der Waals surface area contributed by atoms with Gasteiger partial charge in [-0.05, 0) is 18.6 Å². The number of benzene rings is 1. The summed E-state index contributed by atoms with van der Waals surface area (Å²) in [5, 5.41) is 3.65. The van der Waals surface area contributed by atoms with Crippen LogP contribution in [0.5, 0.6) is 0 Å². The number of aryl methyl sites for hydroxylation is 1. The van der Waals surface area contributed by atoms with Gasteiger partial charge in [0.1, 0.15) is 18.2 Å². The van der Waals surface area contributed by atoms with Crippen molar-refractivity contribution in [3.8, 4) is 0 Å². The van der Waals surface area contributed by atoms with E-state index >= 15 is 0 Å². The third-order valence-electron chi connectivity index (χ3n) is 3.63. The Labute approximate surface area is 161 Å². The highest BCUT2D eigenvalue weighted by Gasteiger charge is 2.25. The standard InChI is InChI=1S/C16H16N2O3S.C3H6O2/c1-11-7-13-8-18(9-14(19)17-15(13)22-11)16(20)21-10-12-5-3-2-4-6-12;1-3(4)5-2/h2-7H,8-10H2,1H3,(H,17,19);1-2H3. The fourth-order valence-electron chi connectivity index (χ4n) is 2.33. The van der Waals surface area contributed by atoms with Crippen LogP contribution >= 0.6 is 11.3 Å². The van der Waals surface area contributed by atoms with Crippen molar-refractivity contribution in [2.24, 2.45) is 0 Å². The SMILES string of the molecule is COC(C)=O.Cc1cc2c(s1)NC(=O)CN(C(=O)OCc1ccccc1)C2. The minimum atomic E-state index is -0.476. The van der Waals surface area contributed by atoms with Gasteiger partial charge in [0.2, 0.25) is 5.91 Å². The van der Waals surface area contributed by atoms with Gasteiger partial charge in [0.05, 0.1) is 13.7 Å². The average molecular weight is 390 g/mol. The number of rotatable bonds is 2. The molecule has 0 atom stereocenters. The lowest BCUT2D eigenvalue weighted by Crippen LogP contribution is -2.35. The van der Waals surface area contributed by atoms with Crippen LogP contribution in [0.1, 0.15) is 22.9 Å². The predicted molar refractivity (Wildman–Crippen MR) is 102 cm³/mol. The van der Waals surface area contributed by atoms with E-state index in [-0.39, 0.29) is 25.0 Å². The number of methoxy groups -OCH3 is 1. The summed E-state index contributed by atoms with van der Waals surface area (Å²) >= 11 is 1.52. The van der Waals surface area contributed by atoms with Crippen molar-refractivity contribution in [2.75, 3.05) is 19.0 Å². The van der Waals surface area contributed by atoms with Crippen LogP contribution in [0.3, 0.4) is 0 Å². The van der Waals surface area contributed by atoms with Crippen LogP contribution in [0.2, 0.25) is 0 Å². The Kier molecular flexibility index (Phi) is 7.36. The van der Waals surface area contributed by atoms with Gasteiger partial charge < -0.3 is 14.8 Å². The molecule has 0 saturated heterocycles. The number of carbonyl (C=O) groups excluding carboxylic acids is 3. The summed E-state index contributed by atoms with van der Waals surface area (Å²) in [6.07, 6.45) is -0.476. The van der Waals surface area contributed by atoms with Crippen LogP contribution in [0.15, 0.2) is 36.4 Å². The second-order valence-corrected chi connectivity index (χ2v) is 7.11. The van der Waals surface area contributed by atoms with E-state index in [9.17, 15) is 14.4 Å². The van der Waals surface area contributed by atoms with Gasteiger partial charge in [0.15, 0.2) is 0 Å². The normalized spacial score (nSPS) is 12.7. The maximum atomic E-state index is 12.2. The zero-order valence-electron chi connectivity index (χ0n) is 15.5. The smallest absolute Gasteiger partial charge is 0.410 e. The number of hydrogen-bond donors (Lipinski definition) is 1. The molecule has 0 fully saturated rings. The van der Waals surface area contributed by atoms with Gasteiger partial charge >= 0.3 is 12.1 Å². The van der Waals surface area contributed by atoms with E-state index in [0.717, 1.165) is 21.0 Å². The van der Waals surface area contributed by atoms with Gasteiger partial charge in [-0.3, -0.25) is 14.5 Å². The molecule has 0 saturated carbocycles. The molecule has 7 nitrogen and oxygen atoms in total. The van der Waals surface area contributed by atoms with Crippen LogP contribution in [0, 0.1) is 6.92 Å². The Morgan fingerprint density at radius 3 is 2.52 bits per heavy atom. The molecule has 1 N–H and O–H groups in total. The topological polar surface area (TPSA) is 84.9 Å². The summed E-state index contributed by atoms with van der Waals surface area (Å²) < 4.78 is 9.41. The number of esters is 1. The van der Waals surface area contributed by atoms with Crippen LogP contribution in [0.4, 0.5) is 9.80 Å². The fraction of sp³-hybridized carbons (Fsp3) is 0.316. The highest BCUT2D eigenvalue weighted by Crippen LogP contribution is 2.30. The molecule has 1 aromatic carbocycles. The number of ether oxygens (including phenoxy) is 2.